The van der Waals surface area contributed by atoms with Crippen molar-refractivity contribution in [3.63, 3.8) is 0 Å². The Bertz CT molecular complexity index is 698. The van der Waals surface area contributed by atoms with Gasteiger partial charge < -0.3 is 14.9 Å². The molecule has 1 aromatic carbocycles. The molecule has 0 saturated heterocycles. The highest BCUT2D eigenvalue weighted by molar-refractivity contribution is 5.89. The summed E-state index contributed by atoms with van der Waals surface area (Å²) in [6.45, 7) is 3.03. The van der Waals surface area contributed by atoms with E-state index in [-0.39, 0.29) is 18.6 Å². The lowest BCUT2D eigenvalue weighted by Gasteiger charge is -2.28. The number of fused-ring (bicyclic) bond motifs is 1. The summed E-state index contributed by atoms with van der Waals surface area (Å²) in [6, 6.07) is 10.4. The van der Waals surface area contributed by atoms with Crippen LogP contribution in [0, 0.1) is 6.92 Å². The van der Waals surface area contributed by atoms with Crippen LogP contribution in [0.1, 0.15) is 35.8 Å². The quantitative estimate of drug-likeness (QED) is 0.815. The zero-order chi connectivity index (χ0) is 16.9. The average molecular weight is 329 g/mol. The number of aliphatic hydroxyl groups excluding tert-OH is 1. The van der Waals surface area contributed by atoms with Crippen LogP contribution in [0.25, 0.3) is 0 Å². The molecule has 1 heterocycles. The number of carbonyl (C=O) groups is 1. The van der Waals surface area contributed by atoms with Crippen molar-refractivity contribution < 1.29 is 14.4 Å². The summed E-state index contributed by atoms with van der Waals surface area (Å²) < 4.78 is 4.94. The van der Waals surface area contributed by atoms with Crippen LogP contribution in [0.4, 0.5) is 5.82 Å². The van der Waals surface area contributed by atoms with Gasteiger partial charge in [-0.3, -0.25) is 9.69 Å². The largest absolute Gasteiger partial charge is 0.395 e. The highest BCUT2D eigenvalue weighted by Gasteiger charge is 2.27. The van der Waals surface area contributed by atoms with Crippen molar-refractivity contribution in [2.45, 2.75) is 32.2 Å². The fraction of sp³-hybridized carbons (Fsp3) is 0.444. The van der Waals surface area contributed by atoms with Gasteiger partial charge in [-0.25, -0.2) is 0 Å². The molecule has 24 heavy (non-hydrogen) atoms. The molecule has 0 bridgehead atoms. The van der Waals surface area contributed by atoms with Gasteiger partial charge in [-0.2, -0.15) is 0 Å². The zero-order valence-electron chi connectivity index (χ0n) is 13.9. The molecule has 1 amide bonds. The number of hydrogen-bond donors (Lipinski definition) is 2. The molecule has 1 atom stereocenters. The predicted octanol–water partition coefficient (Wildman–Crippen LogP) is 2.29. The van der Waals surface area contributed by atoms with E-state index in [1.54, 1.807) is 13.0 Å². The van der Waals surface area contributed by atoms with Crippen LogP contribution >= 0.6 is 0 Å². The van der Waals surface area contributed by atoms with E-state index in [1.165, 1.54) is 11.1 Å². The number of aliphatic hydroxyl groups is 1. The van der Waals surface area contributed by atoms with Gasteiger partial charge in [-0.05, 0) is 30.9 Å². The number of anilines is 1. The Morgan fingerprint density at radius 1 is 1.42 bits per heavy atom. The second kappa shape index (κ2) is 7.59. The average Bonchev–Trinajstić information content (AvgIpc) is 3.18. The third kappa shape index (κ3) is 3.83. The van der Waals surface area contributed by atoms with Crippen LogP contribution in [0.5, 0.6) is 0 Å². The Balaban J connectivity index is 1.59. The SMILES string of the molecule is Cc1cc(NC(=O)CCN(CCO)C2CCc3ccccc32)no1. The first-order valence-electron chi connectivity index (χ1n) is 8.33. The minimum atomic E-state index is -0.0995. The fourth-order valence-electron chi connectivity index (χ4n) is 3.34. The van der Waals surface area contributed by atoms with Crippen molar-refractivity contribution in [1.82, 2.24) is 10.1 Å². The third-order valence-electron chi connectivity index (χ3n) is 4.45. The van der Waals surface area contributed by atoms with Crippen molar-refractivity contribution in [1.29, 1.82) is 0 Å². The molecule has 2 aromatic rings. The lowest BCUT2D eigenvalue weighted by atomic mass is 10.1. The number of aromatic nitrogens is 1. The monoisotopic (exact) mass is 329 g/mol. The molecule has 0 aliphatic heterocycles. The normalized spacial score (nSPS) is 16.4. The Hall–Kier alpha value is -2.18. The van der Waals surface area contributed by atoms with Crippen molar-refractivity contribution in [3.8, 4) is 0 Å². The topological polar surface area (TPSA) is 78.6 Å². The van der Waals surface area contributed by atoms with E-state index in [4.69, 9.17) is 4.52 Å². The van der Waals surface area contributed by atoms with Crippen LogP contribution in [-0.4, -0.2) is 40.8 Å². The number of nitrogens with zero attached hydrogens (tertiary/aromatic N) is 2. The second-order valence-electron chi connectivity index (χ2n) is 6.13. The Kier molecular flexibility index (Phi) is 5.27. The van der Waals surface area contributed by atoms with Crippen LogP contribution in [-0.2, 0) is 11.2 Å². The van der Waals surface area contributed by atoms with Gasteiger partial charge in [0, 0.05) is 31.6 Å². The van der Waals surface area contributed by atoms with Gasteiger partial charge in [0.1, 0.15) is 5.76 Å². The van der Waals surface area contributed by atoms with Gasteiger partial charge >= 0.3 is 0 Å². The predicted molar refractivity (Wildman–Crippen MR) is 90.6 cm³/mol. The van der Waals surface area contributed by atoms with Crippen molar-refractivity contribution in [3.05, 3.63) is 47.2 Å². The lowest BCUT2D eigenvalue weighted by Crippen LogP contribution is -2.33. The standard InChI is InChI=1S/C18H23N3O3/c1-13-12-17(20-24-13)19-18(23)8-9-21(10-11-22)16-7-6-14-4-2-3-5-15(14)16/h2-5,12,16,22H,6-11H2,1H3,(H,19,20,23). The van der Waals surface area contributed by atoms with Crippen LogP contribution in [0.3, 0.4) is 0 Å². The van der Waals surface area contributed by atoms with E-state index in [1.807, 2.05) is 6.07 Å². The first kappa shape index (κ1) is 16.7. The summed E-state index contributed by atoms with van der Waals surface area (Å²) in [4.78, 5) is 14.3. The highest BCUT2D eigenvalue weighted by Crippen LogP contribution is 2.35. The summed E-state index contributed by atoms with van der Waals surface area (Å²) >= 11 is 0. The maximum atomic E-state index is 12.1. The van der Waals surface area contributed by atoms with E-state index in [2.05, 4.69) is 33.6 Å². The maximum absolute atomic E-state index is 12.1. The number of aryl methyl sites for hydroxylation is 2. The van der Waals surface area contributed by atoms with Gasteiger partial charge in [-0.15, -0.1) is 0 Å². The lowest BCUT2D eigenvalue weighted by molar-refractivity contribution is -0.116. The number of rotatable bonds is 7. The van der Waals surface area contributed by atoms with Crippen molar-refractivity contribution in [2.24, 2.45) is 0 Å². The summed E-state index contributed by atoms with van der Waals surface area (Å²) in [5.41, 5.74) is 2.69. The third-order valence-corrected chi connectivity index (χ3v) is 4.45. The summed E-state index contributed by atoms with van der Waals surface area (Å²) in [6.07, 6.45) is 2.43. The molecule has 0 fully saturated rings. The molecule has 1 aliphatic rings. The molecule has 6 heteroatoms. The first-order chi connectivity index (χ1) is 11.7. The van der Waals surface area contributed by atoms with E-state index in [0.29, 0.717) is 31.1 Å². The minimum Gasteiger partial charge on any atom is -0.395 e. The number of carbonyl (C=O) groups excluding carboxylic acids is 1. The molecular formula is C18H23N3O3. The molecule has 0 spiro atoms. The number of benzene rings is 1. The summed E-state index contributed by atoms with van der Waals surface area (Å²) in [7, 11) is 0. The molecule has 3 rings (SSSR count). The number of hydrogen-bond acceptors (Lipinski definition) is 5. The van der Waals surface area contributed by atoms with Crippen molar-refractivity contribution >= 4 is 11.7 Å². The summed E-state index contributed by atoms with van der Waals surface area (Å²) in [5.74, 6) is 1.00. The van der Waals surface area contributed by atoms with Crippen molar-refractivity contribution in [2.75, 3.05) is 25.0 Å². The van der Waals surface area contributed by atoms with E-state index >= 15 is 0 Å². The maximum Gasteiger partial charge on any atom is 0.226 e. The van der Waals surface area contributed by atoms with Gasteiger partial charge in [0.15, 0.2) is 5.82 Å². The molecule has 0 radical (unpaired) electrons. The molecule has 1 unspecified atom stereocenters. The molecule has 1 aromatic heterocycles. The Morgan fingerprint density at radius 3 is 3.00 bits per heavy atom. The van der Waals surface area contributed by atoms with Gasteiger partial charge in [0.2, 0.25) is 5.91 Å². The number of amides is 1. The van der Waals surface area contributed by atoms with Crippen LogP contribution < -0.4 is 5.32 Å². The highest BCUT2D eigenvalue weighted by atomic mass is 16.5. The fourth-order valence-corrected chi connectivity index (χ4v) is 3.34. The Morgan fingerprint density at radius 2 is 2.25 bits per heavy atom. The van der Waals surface area contributed by atoms with Crippen LogP contribution in [0.2, 0.25) is 0 Å². The first-order valence-corrected chi connectivity index (χ1v) is 8.33. The minimum absolute atomic E-state index is 0.0861. The smallest absolute Gasteiger partial charge is 0.226 e. The second-order valence-corrected chi connectivity index (χ2v) is 6.13. The summed E-state index contributed by atoms with van der Waals surface area (Å²) in [5, 5.41) is 15.9. The number of nitrogens with one attached hydrogen (secondary N) is 1. The zero-order valence-corrected chi connectivity index (χ0v) is 13.9. The molecule has 6 nitrogen and oxygen atoms in total. The molecule has 128 valence electrons. The van der Waals surface area contributed by atoms with E-state index in [0.717, 1.165) is 12.8 Å². The van der Waals surface area contributed by atoms with E-state index in [9.17, 15) is 9.90 Å². The molecular weight excluding hydrogens is 306 g/mol. The van der Waals surface area contributed by atoms with Gasteiger partial charge in [0.05, 0.1) is 6.61 Å². The molecule has 1 aliphatic carbocycles. The van der Waals surface area contributed by atoms with E-state index < -0.39 is 0 Å². The van der Waals surface area contributed by atoms with Crippen LogP contribution in [0.15, 0.2) is 34.9 Å². The molecule has 2 N–H and O–H groups in total. The molecule has 0 saturated carbocycles. The van der Waals surface area contributed by atoms with Gasteiger partial charge in [0.25, 0.3) is 0 Å². The Labute approximate surface area is 141 Å². The van der Waals surface area contributed by atoms with Gasteiger partial charge in [-0.1, -0.05) is 29.4 Å².